The van der Waals surface area contributed by atoms with Crippen LogP contribution >= 0.6 is 27.5 Å². The molecule has 0 aliphatic rings. The van der Waals surface area contributed by atoms with Crippen LogP contribution in [0.3, 0.4) is 0 Å². The van der Waals surface area contributed by atoms with Crippen molar-refractivity contribution in [2.24, 2.45) is 0 Å². The number of hydrogen-bond acceptors (Lipinski definition) is 4. The van der Waals surface area contributed by atoms with Gasteiger partial charge in [0.25, 0.3) is 11.5 Å². The lowest BCUT2D eigenvalue weighted by molar-refractivity contribution is -0.143. The molecular weight excluding hydrogens is 574 g/mol. The predicted octanol–water partition coefficient (Wildman–Crippen LogP) is 5.65. The topological polar surface area (TPSA) is 93.1 Å². The first-order valence-electron chi connectivity index (χ1n) is 9.13. The third-order valence-electron chi connectivity index (χ3n) is 4.33. The molecular formula is C20H10BrClF6N4O3. The third kappa shape index (κ3) is 6.00. The standard InChI is InChI=1S/C20H10BrClF6N4O3/c21-13-4-2-1-3-12(13)16(33)31-18(35)30-14-8-29-32(17(34)15(14)22)11-6-9(19(23,24)25)5-10(7-11)20(26,27)28/h1-8H,(H2,30,31,33,35). The fraction of sp³-hybridized carbons (Fsp3) is 0.100. The number of nitrogens with one attached hydrogen (secondary N) is 2. The molecule has 184 valence electrons. The molecule has 0 atom stereocenters. The first kappa shape index (κ1) is 26.2. The Kier molecular flexibility index (Phi) is 7.26. The van der Waals surface area contributed by atoms with Gasteiger partial charge >= 0.3 is 18.4 Å². The molecule has 0 saturated carbocycles. The zero-order chi connectivity index (χ0) is 26.1. The van der Waals surface area contributed by atoms with E-state index in [9.17, 15) is 40.7 Å². The van der Waals surface area contributed by atoms with E-state index in [1.807, 2.05) is 5.32 Å². The van der Waals surface area contributed by atoms with Crippen molar-refractivity contribution in [3.63, 3.8) is 0 Å². The average molecular weight is 584 g/mol. The predicted molar refractivity (Wildman–Crippen MR) is 115 cm³/mol. The van der Waals surface area contributed by atoms with Gasteiger partial charge in [-0.15, -0.1) is 0 Å². The maximum atomic E-state index is 13.1. The molecule has 7 nitrogen and oxygen atoms in total. The van der Waals surface area contributed by atoms with E-state index in [4.69, 9.17) is 11.6 Å². The van der Waals surface area contributed by atoms with Crippen molar-refractivity contribution in [3.8, 4) is 5.69 Å². The molecule has 2 aromatic carbocycles. The highest BCUT2D eigenvalue weighted by atomic mass is 79.9. The van der Waals surface area contributed by atoms with Crippen molar-refractivity contribution in [2.75, 3.05) is 5.32 Å². The summed E-state index contributed by atoms with van der Waals surface area (Å²) in [7, 11) is 0. The minimum absolute atomic E-state index is 0.104. The van der Waals surface area contributed by atoms with Crippen LogP contribution in [0.1, 0.15) is 21.5 Å². The minimum Gasteiger partial charge on any atom is -0.305 e. The van der Waals surface area contributed by atoms with Crippen LogP contribution in [0, 0.1) is 0 Å². The second kappa shape index (κ2) is 9.70. The number of imide groups is 1. The van der Waals surface area contributed by atoms with Gasteiger partial charge in [-0.25, -0.2) is 4.79 Å². The van der Waals surface area contributed by atoms with E-state index in [2.05, 4.69) is 26.3 Å². The van der Waals surface area contributed by atoms with Gasteiger partial charge in [0, 0.05) is 4.47 Å². The van der Waals surface area contributed by atoms with Gasteiger partial charge in [0.2, 0.25) is 0 Å². The Labute approximate surface area is 204 Å². The van der Waals surface area contributed by atoms with Crippen LogP contribution in [-0.2, 0) is 12.4 Å². The van der Waals surface area contributed by atoms with Crippen molar-refractivity contribution in [2.45, 2.75) is 12.4 Å². The number of carbonyl (C=O) groups is 2. The number of carbonyl (C=O) groups excluding carboxylic acids is 2. The number of benzene rings is 2. The highest BCUT2D eigenvalue weighted by Crippen LogP contribution is 2.37. The van der Waals surface area contributed by atoms with E-state index < -0.39 is 57.4 Å². The van der Waals surface area contributed by atoms with Crippen LogP contribution in [-0.4, -0.2) is 21.7 Å². The molecule has 0 saturated heterocycles. The maximum Gasteiger partial charge on any atom is 0.416 e. The van der Waals surface area contributed by atoms with Crippen LogP contribution in [0.25, 0.3) is 5.69 Å². The first-order chi connectivity index (χ1) is 16.2. The zero-order valence-corrected chi connectivity index (χ0v) is 19.1. The van der Waals surface area contributed by atoms with E-state index in [1.165, 1.54) is 12.1 Å². The number of urea groups is 1. The molecule has 0 aliphatic heterocycles. The van der Waals surface area contributed by atoms with Crippen LogP contribution in [0.5, 0.6) is 0 Å². The Hall–Kier alpha value is -3.39. The number of rotatable bonds is 3. The Bertz CT molecular complexity index is 1340. The lowest BCUT2D eigenvalue weighted by Crippen LogP contribution is -2.35. The zero-order valence-electron chi connectivity index (χ0n) is 16.8. The second-order valence-electron chi connectivity index (χ2n) is 6.74. The molecule has 0 unspecified atom stereocenters. The molecule has 1 aromatic heterocycles. The number of halogens is 8. The van der Waals surface area contributed by atoms with Crippen LogP contribution < -0.4 is 16.2 Å². The van der Waals surface area contributed by atoms with Gasteiger partial charge in [0.1, 0.15) is 5.02 Å². The smallest absolute Gasteiger partial charge is 0.305 e. The fourth-order valence-corrected chi connectivity index (χ4v) is 3.37. The normalized spacial score (nSPS) is 11.8. The van der Waals surface area contributed by atoms with Gasteiger partial charge in [-0.05, 0) is 46.3 Å². The Morgan fingerprint density at radius 2 is 1.54 bits per heavy atom. The summed E-state index contributed by atoms with van der Waals surface area (Å²) < 4.78 is 79.2. The molecule has 35 heavy (non-hydrogen) atoms. The molecule has 1 heterocycles. The molecule has 3 rings (SSSR count). The largest absolute Gasteiger partial charge is 0.416 e. The van der Waals surface area contributed by atoms with Gasteiger partial charge in [-0.1, -0.05) is 23.7 Å². The summed E-state index contributed by atoms with van der Waals surface area (Å²) in [5, 5.41) is 6.76. The fourth-order valence-electron chi connectivity index (χ4n) is 2.73. The summed E-state index contributed by atoms with van der Waals surface area (Å²) in [6, 6.07) is 5.45. The quantitative estimate of drug-likeness (QED) is 0.390. The third-order valence-corrected chi connectivity index (χ3v) is 5.39. The summed E-state index contributed by atoms with van der Waals surface area (Å²) in [5.41, 5.74) is -5.87. The molecule has 3 aromatic rings. The number of nitrogens with zero attached hydrogens (tertiary/aromatic N) is 2. The molecule has 15 heteroatoms. The van der Waals surface area contributed by atoms with Gasteiger partial charge < -0.3 is 5.32 Å². The van der Waals surface area contributed by atoms with E-state index >= 15 is 0 Å². The molecule has 3 amide bonds. The molecule has 0 radical (unpaired) electrons. The van der Waals surface area contributed by atoms with Crippen molar-refractivity contribution in [1.82, 2.24) is 15.1 Å². The molecule has 0 fully saturated rings. The summed E-state index contributed by atoms with van der Waals surface area (Å²) in [5.74, 6) is -0.823. The molecule has 0 spiro atoms. The van der Waals surface area contributed by atoms with Gasteiger partial charge in [0.15, 0.2) is 0 Å². The van der Waals surface area contributed by atoms with Crippen molar-refractivity contribution < 1.29 is 35.9 Å². The average Bonchev–Trinajstić information content (AvgIpc) is 2.75. The Morgan fingerprint density at radius 1 is 0.971 bits per heavy atom. The second-order valence-corrected chi connectivity index (χ2v) is 7.97. The number of anilines is 1. The van der Waals surface area contributed by atoms with Crippen LogP contribution in [0.15, 0.2) is 57.9 Å². The van der Waals surface area contributed by atoms with E-state index in [0.717, 1.165) is 6.20 Å². The lowest BCUT2D eigenvalue weighted by atomic mass is 10.1. The lowest BCUT2D eigenvalue weighted by Gasteiger charge is -2.15. The van der Waals surface area contributed by atoms with Crippen molar-refractivity contribution in [3.05, 3.63) is 85.2 Å². The van der Waals surface area contributed by atoms with E-state index in [1.54, 1.807) is 12.1 Å². The summed E-state index contributed by atoms with van der Waals surface area (Å²) in [6.45, 7) is 0. The van der Waals surface area contributed by atoms with Gasteiger partial charge in [-0.3, -0.25) is 14.9 Å². The monoisotopic (exact) mass is 582 g/mol. The van der Waals surface area contributed by atoms with Crippen molar-refractivity contribution >= 4 is 45.2 Å². The summed E-state index contributed by atoms with van der Waals surface area (Å²) in [6.07, 6.45) is -9.58. The number of amides is 3. The van der Waals surface area contributed by atoms with Crippen molar-refractivity contribution in [1.29, 1.82) is 0 Å². The first-order valence-corrected chi connectivity index (χ1v) is 10.3. The van der Waals surface area contributed by atoms with Crippen LogP contribution in [0.4, 0.5) is 36.8 Å². The SMILES string of the molecule is O=C(NC(=O)c1ccccc1Br)Nc1cnn(-c2cc(C(F)(F)F)cc(C(F)(F)F)c2)c(=O)c1Cl. The Morgan fingerprint density at radius 3 is 2.09 bits per heavy atom. The Balaban J connectivity index is 1.92. The van der Waals surface area contributed by atoms with Gasteiger partial charge in [0.05, 0.1) is 34.3 Å². The molecule has 0 aliphatic carbocycles. The highest BCUT2D eigenvalue weighted by molar-refractivity contribution is 9.10. The summed E-state index contributed by atoms with van der Waals surface area (Å²) in [4.78, 5) is 36.9. The van der Waals surface area contributed by atoms with E-state index in [0.29, 0.717) is 4.47 Å². The number of aromatic nitrogens is 2. The maximum absolute atomic E-state index is 13.1. The van der Waals surface area contributed by atoms with E-state index in [-0.39, 0.29) is 28.4 Å². The number of hydrogen-bond donors (Lipinski definition) is 2. The highest BCUT2D eigenvalue weighted by Gasteiger charge is 2.37. The van der Waals surface area contributed by atoms with Gasteiger partial charge in [-0.2, -0.15) is 36.1 Å². The molecule has 0 bridgehead atoms. The summed E-state index contributed by atoms with van der Waals surface area (Å²) >= 11 is 9.01. The number of alkyl halides is 6. The van der Waals surface area contributed by atoms with Crippen LogP contribution in [0.2, 0.25) is 5.02 Å². The minimum atomic E-state index is -5.15. The molecule has 2 N–H and O–H groups in total.